The van der Waals surface area contributed by atoms with Gasteiger partial charge in [0.05, 0.1) is 18.8 Å². The third kappa shape index (κ3) is 5.68. The van der Waals surface area contributed by atoms with Crippen molar-refractivity contribution >= 4 is 11.6 Å². The summed E-state index contributed by atoms with van der Waals surface area (Å²) in [7, 11) is 0. The Labute approximate surface area is 133 Å². The molecule has 4 nitrogen and oxygen atoms in total. The molecule has 0 aromatic heterocycles. The molecule has 1 aromatic carbocycles. The number of benzene rings is 1. The Hall–Kier alpha value is -1.55. The molecule has 0 unspecified atom stereocenters. The number of likely N-dealkylation sites (tertiary alicyclic amines) is 1. The van der Waals surface area contributed by atoms with Gasteiger partial charge in [-0.3, -0.25) is 9.69 Å². The summed E-state index contributed by atoms with van der Waals surface area (Å²) >= 11 is 0. The van der Waals surface area contributed by atoms with Gasteiger partial charge in [0, 0.05) is 0 Å². The third-order valence-corrected chi connectivity index (χ3v) is 3.80. The number of rotatable bonds is 6. The first-order valence-electron chi connectivity index (χ1n) is 8.39. The maximum absolute atomic E-state index is 12.3. The van der Waals surface area contributed by atoms with Crippen molar-refractivity contribution in [3.8, 4) is 5.75 Å². The van der Waals surface area contributed by atoms with Crippen LogP contribution in [0.1, 0.15) is 39.5 Å². The Morgan fingerprint density at radius 3 is 2.55 bits per heavy atom. The van der Waals surface area contributed by atoms with E-state index in [0.717, 1.165) is 24.5 Å². The highest BCUT2D eigenvalue weighted by Gasteiger charge is 2.14. The molecular formula is C18H28N2O2. The van der Waals surface area contributed by atoms with Gasteiger partial charge in [0.2, 0.25) is 5.91 Å². The molecule has 0 atom stereocenters. The van der Waals surface area contributed by atoms with Crippen LogP contribution >= 0.6 is 0 Å². The molecule has 0 saturated carbocycles. The summed E-state index contributed by atoms with van der Waals surface area (Å²) in [5, 5.41) is 3.00. The Morgan fingerprint density at radius 2 is 1.86 bits per heavy atom. The number of anilines is 1. The van der Waals surface area contributed by atoms with Crippen molar-refractivity contribution in [1.29, 1.82) is 0 Å². The Balaban J connectivity index is 1.90. The topological polar surface area (TPSA) is 41.6 Å². The number of hydrogen-bond acceptors (Lipinski definition) is 3. The normalized spacial score (nSPS) is 16.3. The molecule has 2 rings (SSSR count). The second-order valence-electron chi connectivity index (χ2n) is 6.44. The molecule has 0 radical (unpaired) electrons. The fourth-order valence-electron chi connectivity index (χ4n) is 2.64. The van der Waals surface area contributed by atoms with Gasteiger partial charge >= 0.3 is 0 Å². The van der Waals surface area contributed by atoms with E-state index in [4.69, 9.17) is 4.74 Å². The number of carbonyl (C=O) groups excluding carboxylic acids is 1. The van der Waals surface area contributed by atoms with Crippen LogP contribution < -0.4 is 10.1 Å². The van der Waals surface area contributed by atoms with E-state index in [9.17, 15) is 4.79 Å². The first-order valence-corrected chi connectivity index (χ1v) is 8.39. The van der Waals surface area contributed by atoms with Gasteiger partial charge in [-0.2, -0.15) is 0 Å². The predicted molar refractivity (Wildman–Crippen MR) is 90.3 cm³/mol. The molecule has 1 aromatic rings. The molecule has 1 aliphatic rings. The summed E-state index contributed by atoms with van der Waals surface area (Å²) in [6, 6.07) is 7.66. The lowest BCUT2D eigenvalue weighted by Crippen LogP contribution is -2.34. The monoisotopic (exact) mass is 304 g/mol. The second kappa shape index (κ2) is 8.79. The molecular weight excluding hydrogens is 276 g/mol. The first-order chi connectivity index (χ1) is 10.6. The highest BCUT2D eigenvalue weighted by atomic mass is 16.5. The minimum atomic E-state index is 0.0440. The molecule has 1 N–H and O–H groups in total. The number of nitrogens with one attached hydrogen (secondary N) is 1. The predicted octanol–water partition coefficient (Wildman–Crippen LogP) is 3.54. The molecule has 1 fully saturated rings. The van der Waals surface area contributed by atoms with E-state index in [1.165, 1.54) is 25.7 Å². The third-order valence-electron chi connectivity index (χ3n) is 3.80. The largest absolute Gasteiger partial charge is 0.491 e. The van der Waals surface area contributed by atoms with E-state index in [2.05, 4.69) is 24.1 Å². The average Bonchev–Trinajstić information content (AvgIpc) is 2.75. The van der Waals surface area contributed by atoms with Crippen LogP contribution in [0.25, 0.3) is 0 Å². The van der Waals surface area contributed by atoms with Crippen molar-refractivity contribution in [1.82, 2.24) is 4.90 Å². The van der Waals surface area contributed by atoms with Crippen molar-refractivity contribution in [3.05, 3.63) is 24.3 Å². The van der Waals surface area contributed by atoms with Gasteiger partial charge in [0.25, 0.3) is 0 Å². The minimum Gasteiger partial charge on any atom is -0.491 e. The van der Waals surface area contributed by atoms with Gasteiger partial charge in [0.15, 0.2) is 0 Å². The molecule has 0 bridgehead atoms. The van der Waals surface area contributed by atoms with Crippen molar-refractivity contribution in [2.45, 2.75) is 39.5 Å². The van der Waals surface area contributed by atoms with Crippen LogP contribution in [0.5, 0.6) is 5.75 Å². The van der Waals surface area contributed by atoms with Gasteiger partial charge in [0.1, 0.15) is 5.75 Å². The summed E-state index contributed by atoms with van der Waals surface area (Å²) in [6.07, 6.45) is 4.96. The highest BCUT2D eigenvalue weighted by Crippen LogP contribution is 2.24. The number of amides is 1. The van der Waals surface area contributed by atoms with Crippen LogP contribution in [0.2, 0.25) is 0 Å². The smallest absolute Gasteiger partial charge is 0.238 e. The fraction of sp³-hybridized carbons (Fsp3) is 0.611. The van der Waals surface area contributed by atoms with Crippen LogP contribution in [0.15, 0.2) is 24.3 Å². The molecule has 122 valence electrons. The zero-order valence-corrected chi connectivity index (χ0v) is 13.8. The number of para-hydroxylation sites is 2. The number of hydrogen-bond donors (Lipinski definition) is 1. The summed E-state index contributed by atoms with van der Waals surface area (Å²) < 4.78 is 5.78. The van der Waals surface area contributed by atoms with E-state index in [-0.39, 0.29) is 5.91 Å². The number of carbonyl (C=O) groups is 1. The maximum atomic E-state index is 12.3. The molecule has 1 saturated heterocycles. The SMILES string of the molecule is CC(C)COc1ccccc1NC(=O)CN1CCCCCC1. The number of nitrogens with zero attached hydrogens (tertiary/aromatic N) is 1. The molecule has 4 heteroatoms. The summed E-state index contributed by atoms with van der Waals surface area (Å²) in [5.74, 6) is 1.25. The van der Waals surface area contributed by atoms with Gasteiger partial charge in [-0.05, 0) is 44.0 Å². The van der Waals surface area contributed by atoms with Gasteiger partial charge < -0.3 is 10.1 Å². The second-order valence-corrected chi connectivity index (χ2v) is 6.44. The maximum Gasteiger partial charge on any atom is 0.238 e. The Kier molecular flexibility index (Phi) is 6.72. The van der Waals surface area contributed by atoms with Gasteiger partial charge in [-0.1, -0.05) is 38.8 Å². The van der Waals surface area contributed by atoms with E-state index < -0.39 is 0 Å². The lowest BCUT2D eigenvalue weighted by molar-refractivity contribution is -0.117. The molecule has 1 aliphatic heterocycles. The van der Waals surface area contributed by atoms with E-state index in [1.807, 2.05) is 24.3 Å². The lowest BCUT2D eigenvalue weighted by atomic mass is 10.2. The fourth-order valence-corrected chi connectivity index (χ4v) is 2.64. The van der Waals surface area contributed by atoms with Crippen molar-refractivity contribution in [2.24, 2.45) is 5.92 Å². The Morgan fingerprint density at radius 1 is 1.18 bits per heavy atom. The van der Waals surface area contributed by atoms with Gasteiger partial charge in [-0.15, -0.1) is 0 Å². The summed E-state index contributed by atoms with van der Waals surface area (Å²) in [6.45, 7) is 7.40. The quantitative estimate of drug-likeness (QED) is 0.874. The minimum absolute atomic E-state index is 0.0440. The van der Waals surface area contributed by atoms with Crippen molar-refractivity contribution < 1.29 is 9.53 Å². The van der Waals surface area contributed by atoms with E-state index in [1.54, 1.807) is 0 Å². The van der Waals surface area contributed by atoms with Crippen molar-refractivity contribution in [2.75, 3.05) is 31.6 Å². The van der Waals surface area contributed by atoms with E-state index >= 15 is 0 Å². The highest BCUT2D eigenvalue weighted by molar-refractivity contribution is 5.93. The van der Waals surface area contributed by atoms with Gasteiger partial charge in [-0.25, -0.2) is 0 Å². The molecule has 0 aliphatic carbocycles. The number of ether oxygens (including phenoxy) is 1. The first kappa shape index (κ1) is 16.8. The van der Waals surface area contributed by atoms with Crippen LogP contribution in [-0.4, -0.2) is 37.0 Å². The molecule has 1 amide bonds. The molecule has 1 heterocycles. The van der Waals surface area contributed by atoms with Crippen LogP contribution in [-0.2, 0) is 4.79 Å². The zero-order valence-electron chi connectivity index (χ0n) is 13.8. The molecule has 22 heavy (non-hydrogen) atoms. The molecule has 0 spiro atoms. The average molecular weight is 304 g/mol. The Bertz CT molecular complexity index is 466. The van der Waals surface area contributed by atoms with Crippen LogP contribution in [0, 0.1) is 5.92 Å². The lowest BCUT2D eigenvalue weighted by Gasteiger charge is -2.20. The van der Waals surface area contributed by atoms with Crippen molar-refractivity contribution in [3.63, 3.8) is 0 Å². The van der Waals surface area contributed by atoms with Crippen LogP contribution in [0.3, 0.4) is 0 Å². The summed E-state index contributed by atoms with van der Waals surface area (Å²) in [5.41, 5.74) is 0.767. The standard InChI is InChI=1S/C18H28N2O2/c1-15(2)14-22-17-10-6-5-9-16(17)19-18(21)13-20-11-7-3-4-8-12-20/h5-6,9-10,15H,3-4,7-8,11-14H2,1-2H3,(H,19,21). The zero-order chi connectivity index (χ0) is 15.8. The van der Waals surface area contributed by atoms with E-state index in [0.29, 0.717) is 19.1 Å². The summed E-state index contributed by atoms with van der Waals surface area (Å²) in [4.78, 5) is 14.5. The van der Waals surface area contributed by atoms with Crippen LogP contribution in [0.4, 0.5) is 5.69 Å².